The van der Waals surface area contributed by atoms with E-state index in [2.05, 4.69) is 41.4 Å². The van der Waals surface area contributed by atoms with E-state index in [-0.39, 0.29) is 5.91 Å². The second-order valence-corrected chi connectivity index (χ2v) is 7.11. The summed E-state index contributed by atoms with van der Waals surface area (Å²) in [5, 5.41) is 5.10. The van der Waals surface area contributed by atoms with E-state index in [0.717, 1.165) is 42.9 Å². The zero-order chi connectivity index (χ0) is 16.2. The predicted molar refractivity (Wildman–Crippen MR) is 96.0 cm³/mol. The van der Waals surface area contributed by atoms with Crippen LogP contribution in [0.1, 0.15) is 39.7 Å². The highest BCUT2D eigenvalue weighted by atomic mass is 32.1. The number of benzene rings is 1. The Kier molecular flexibility index (Phi) is 5.13. The Labute approximate surface area is 142 Å². The number of amides is 1. The molecule has 0 saturated carbocycles. The van der Waals surface area contributed by atoms with E-state index in [9.17, 15) is 4.79 Å². The topological polar surface area (TPSA) is 32.3 Å². The molecule has 1 N–H and O–H groups in total. The van der Waals surface area contributed by atoms with Crippen molar-refractivity contribution in [2.75, 3.05) is 13.1 Å². The molecule has 1 atom stereocenters. The second-order valence-electron chi connectivity index (χ2n) is 6.19. The number of thiophene rings is 1. The van der Waals surface area contributed by atoms with Gasteiger partial charge in [0.25, 0.3) is 5.91 Å². The highest BCUT2D eigenvalue weighted by Gasteiger charge is 2.23. The van der Waals surface area contributed by atoms with E-state index in [1.165, 1.54) is 22.5 Å². The summed E-state index contributed by atoms with van der Waals surface area (Å²) in [6.45, 7) is 6.97. The smallest absolute Gasteiger partial charge is 0.261 e. The Morgan fingerprint density at radius 3 is 2.78 bits per heavy atom. The SMILES string of the molecule is CCC(CNC(=O)c1sccc1C)N1CCc2ccccc2C1. The Balaban J connectivity index is 1.60. The first-order chi connectivity index (χ1) is 11.2. The Morgan fingerprint density at radius 2 is 2.09 bits per heavy atom. The Bertz CT molecular complexity index is 680. The molecular weight excluding hydrogens is 304 g/mol. The van der Waals surface area contributed by atoms with Crippen LogP contribution in [0.5, 0.6) is 0 Å². The quantitative estimate of drug-likeness (QED) is 0.909. The van der Waals surface area contributed by atoms with E-state index in [1.54, 1.807) is 0 Å². The minimum absolute atomic E-state index is 0.0633. The van der Waals surface area contributed by atoms with Crippen molar-refractivity contribution in [3.05, 3.63) is 57.3 Å². The largest absolute Gasteiger partial charge is 0.350 e. The average molecular weight is 328 g/mol. The number of hydrogen-bond acceptors (Lipinski definition) is 3. The van der Waals surface area contributed by atoms with Gasteiger partial charge in [-0.2, -0.15) is 0 Å². The molecule has 0 saturated heterocycles. The first-order valence-corrected chi connectivity index (χ1v) is 9.20. The van der Waals surface area contributed by atoms with Gasteiger partial charge in [-0.1, -0.05) is 31.2 Å². The third-order valence-corrected chi connectivity index (χ3v) is 5.73. The monoisotopic (exact) mass is 328 g/mol. The number of carbonyl (C=O) groups excluding carboxylic acids is 1. The zero-order valence-corrected chi connectivity index (χ0v) is 14.7. The number of aryl methyl sites for hydroxylation is 1. The number of nitrogens with zero attached hydrogens (tertiary/aromatic N) is 1. The van der Waals surface area contributed by atoms with Crippen LogP contribution in [-0.2, 0) is 13.0 Å². The fraction of sp³-hybridized carbons (Fsp3) is 0.421. The summed E-state index contributed by atoms with van der Waals surface area (Å²) < 4.78 is 0. The van der Waals surface area contributed by atoms with Gasteiger partial charge in [-0.15, -0.1) is 11.3 Å². The summed E-state index contributed by atoms with van der Waals surface area (Å²) in [6, 6.07) is 11.1. The van der Waals surface area contributed by atoms with Gasteiger partial charge in [0.15, 0.2) is 0 Å². The molecule has 122 valence electrons. The summed E-state index contributed by atoms with van der Waals surface area (Å²) >= 11 is 1.52. The summed E-state index contributed by atoms with van der Waals surface area (Å²) in [5.41, 5.74) is 3.96. The van der Waals surface area contributed by atoms with Crippen LogP contribution in [-0.4, -0.2) is 29.9 Å². The maximum Gasteiger partial charge on any atom is 0.261 e. The lowest BCUT2D eigenvalue weighted by Gasteiger charge is -2.35. The summed E-state index contributed by atoms with van der Waals surface area (Å²) in [4.78, 5) is 15.6. The van der Waals surface area contributed by atoms with Gasteiger partial charge in [0.1, 0.15) is 0 Å². The first kappa shape index (κ1) is 16.2. The molecule has 2 aromatic rings. The van der Waals surface area contributed by atoms with Gasteiger partial charge in [0.05, 0.1) is 4.88 Å². The number of carbonyl (C=O) groups is 1. The van der Waals surface area contributed by atoms with Crippen LogP contribution >= 0.6 is 11.3 Å². The van der Waals surface area contributed by atoms with E-state index in [4.69, 9.17) is 0 Å². The lowest BCUT2D eigenvalue weighted by Crippen LogP contribution is -2.45. The molecule has 2 heterocycles. The molecule has 1 aliphatic rings. The van der Waals surface area contributed by atoms with E-state index >= 15 is 0 Å². The van der Waals surface area contributed by atoms with Gasteiger partial charge in [-0.05, 0) is 47.9 Å². The van der Waals surface area contributed by atoms with Crippen molar-refractivity contribution in [1.29, 1.82) is 0 Å². The molecule has 1 aliphatic heterocycles. The fourth-order valence-electron chi connectivity index (χ4n) is 3.26. The van der Waals surface area contributed by atoms with Crippen molar-refractivity contribution in [3.8, 4) is 0 Å². The summed E-state index contributed by atoms with van der Waals surface area (Å²) in [5.74, 6) is 0.0633. The van der Waals surface area contributed by atoms with Crippen LogP contribution in [0.2, 0.25) is 0 Å². The summed E-state index contributed by atoms with van der Waals surface area (Å²) in [6.07, 6.45) is 2.15. The fourth-order valence-corrected chi connectivity index (χ4v) is 4.10. The third kappa shape index (κ3) is 3.65. The summed E-state index contributed by atoms with van der Waals surface area (Å²) in [7, 11) is 0. The number of rotatable bonds is 5. The molecule has 0 bridgehead atoms. The van der Waals surface area contributed by atoms with Crippen LogP contribution in [0.15, 0.2) is 35.7 Å². The van der Waals surface area contributed by atoms with E-state index < -0.39 is 0 Å². The minimum atomic E-state index is 0.0633. The van der Waals surface area contributed by atoms with Crippen molar-refractivity contribution in [2.45, 2.75) is 39.3 Å². The van der Waals surface area contributed by atoms with Crippen LogP contribution in [0, 0.1) is 6.92 Å². The van der Waals surface area contributed by atoms with Crippen LogP contribution in [0.4, 0.5) is 0 Å². The molecule has 3 rings (SSSR count). The van der Waals surface area contributed by atoms with Gasteiger partial charge in [0.2, 0.25) is 0 Å². The molecule has 0 fully saturated rings. The van der Waals surface area contributed by atoms with Crippen LogP contribution < -0.4 is 5.32 Å². The average Bonchev–Trinajstić information content (AvgIpc) is 3.01. The molecule has 1 amide bonds. The lowest BCUT2D eigenvalue weighted by atomic mass is 9.98. The minimum Gasteiger partial charge on any atom is -0.350 e. The number of nitrogens with one attached hydrogen (secondary N) is 1. The highest BCUT2D eigenvalue weighted by Crippen LogP contribution is 2.21. The van der Waals surface area contributed by atoms with Crippen LogP contribution in [0.3, 0.4) is 0 Å². The molecule has 0 aliphatic carbocycles. The van der Waals surface area contributed by atoms with Gasteiger partial charge < -0.3 is 5.32 Å². The molecule has 4 heteroatoms. The predicted octanol–water partition coefficient (Wildman–Crippen LogP) is 3.62. The van der Waals surface area contributed by atoms with Gasteiger partial charge >= 0.3 is 0 Å². The first-order valence-electron chi connectivity index (χ1n) is 8.32. The van der Waals surface area contributed by atoms with E-state index in [1.807, 2.05) is 18.4 Å². The molecular formula is C19H24N2OS. The van der Waals surface area contributed by atoms with Gasteiger partial charge in [-0.3, -0.25) is 9.69 Å². The normalized spacial score (nSPS) is 15.9. The van der Waals surface area contributed by atoms with E-state index in [0.29, 0.717) is 6.04 Å². The standard InChI is InChI=1S/C19H24N2OS/c1-3-17(12-20-19(22)18-14(2)9-11-23-18)21-10-8-15-6-4-5-7-16(15)13-21/h4-7,9,11,17H,3,8,10,12-13H2,1-2H3,(H,20,22). The molecule has 0 spiro atoms. The number of fused-ring (bicyclic) bond motifs is 1. The van der Waals surface area contributed by atoms with Crippen molar-refractivity contribution >= 4 is 17.2 Å². The van der Waals surface area contributed by atoms with Gasteiger partial charge in [-0.25, -0.2) is 0 Å². The molecule has 0 radical (unpaired) electrons. The van der Waals surface area contributed by atoms with Gasteiger partial charge in [0, 0.05) is 25.7 Å². The zero-order valence-electron chi connectivity index (χ0n) is 13.8. The van der Waals surface area contributed by atoms with Crippen LogP contribution in [0.25, 0.3) is 0 Å². The van der Waals surface area contributed by atoms with Crippen molar-refractivity contribution in [3.63, 3.8) is 0 Å². The van der Waals surface area contributed by atoms with Crippen molar-refractivity contribution in [1.82, 2.24) is 10.2 Å². The Hall–Kier alpha value is -1.65. The number of hydrogen-bond donors (Lipinski definition) is 1. The van der Waals surface area contributed by atoms with Crippen molar-refractivity contribution in [2.24, 2.45) is 0 Å². The van der Waals surface area contributed by atoms with Crippen molar-refractivity contribution < 1.29 is 4.79 Å². The molecule has 1 unspecified atom stereocenters. The molecule has 23 heavy (non-hydrogen) atoms. The molecule has 3 nitrogen and oxygen atoms in total. The maximum atomic E-state index is 12.3. The third-order valence-electron chi connectivity index (χ3n) is 4.71. The lowest BCUT2D eigenvalue weighted by molar-refractivity contribution is 0.0929. The maximum absolute atomic E-state index is 12.3. The Morgan fingerprint density at radius 1 is 1.30 bits per heavy atom. The molecule has 1 aromatic carbocycles. The highest BCUT2D eigenvalue weighted by molar-refractivity contribution is 7.12. The molecule has 1 aromatic heterocycles. The second kappa shape index (κ2) is 7.28.